The molecule has 0 saturated heterocycles. The van der Waals surface area contributed by atoms with E-state index in [1.54, 1.807) is 19.2 Å². The SMILES string of the molecule is C[C@H]([NH2+][C@@H](C)c1ccc(F)cc1F)C(=O)Nc1ccc2ccccc2c1. The van der Waals surface area contributed by atoms with Crippen LogP contribution in [0.15, 0.2) is 60.7 Å². The Bertz CT molecular complexity index is 942. The number of hydrogen-bond acceptors (Lipinski definition) is 1. The molecule has 0 saturated carbocycles. The Labute approximate surface area is 151 Å². The third-order valence-corrected chi connectivity index (χ3v) is 4.46. The van der Waals surface area contributed by atoms with Gasteiger partial charge in [0, 0.05) is 17.3 Å². The first kappa shape index (κ1) is 18.0. The molecule has 2 atom stereocenters. The van der Waals surface area contributed by atoms with Crippen LogP contribution >= 0.6 is 0 Å². The van der Waals surface area contributed by atoms with E-state index in [9.17, 15) is 13.6 Å². The number of quaternary nitrogens is 1. The van der Waals surface area contributed by atoms with Gasteiger partial charge in [-0.05, 0) is 48.9 Å². The fourth-order valence-electron chi connectivity index (χ4n) is 3.02. The molecule has 0 unspecified atom stereocenters. The summed E-state index contributed by atoms with van der Waals surface area (Å²) in [6.45, 7) is 3.55. The maximum atomic E-state index is 13.9. The number of carbonyl (C=O) groups is 1. The van der Waals surface area contributed by atoms with E-state index in [-0.39, 0.29) is 11.9 Å². The molecular formula is C21H21F2N2O+. The van der Waals surface area contributed by atoms with Gasteiger partial charge in [0.1, 0.15) is 17.7 Å². The maximum Gasteiger partial charge on any atom is 0.282 e. The van der Waals surface area contributed by atoms with E-state index in [2.05, 4.69) is 5.32 Å². The van der Waals surface area contributed by atoms with Gasteiger partial charge in [0.25, 0.3) is 5.91 Å². The molecule has 0 bridgehead atoms. The molecule has 0 aromatic heterocycles. The zero-order valence-corrected chi connectivity index (χ0v) is 14.7. The predicted molar refractivity (Wildman–Crippen MR) is 98.7 cm³/mol. The van der Waals surface area contributed by atoms with E-state index < -0.39 is 17.7 Å². The van der Waals surface area contributed by atoms with Gasteiger partial charge < -0.3 is 10.6 Å². The van der Waals surface area contributed by atoms with Gasteiger partial charge in [-0.3, -0.25) is 4.79 Å². The van der Waals surface area contributed by atoms with Crippen molar-refractivity contribution >= 4 is 22.4 Å². The average molecular weight is 355 g/mol. The first-order valence-electron chi connectivity index (χ1n) is 8.53. The molecule has 3 N–H and O–H groups in total. The fraction of sp³-hybridized carbons (Fsp3) is 0.190. The molecule has 134 valence electrons. The summed E-state index contributed by atoms with van der Waals surface area (Å²) < 4.78 is 26.9. The molecule has 3 aromatic rings. The molecule has 0 aliphatic heterocycles. The number of benzene rings is 3. The lowest BCUT2D eigenvalue weighted by molar-refractivity contribution is -0.710. The van der Waals surface area contributed by atoms with Gasteiger partial charge in [-0.1, -0.05) is 30.3 Å². The summed E-state index contributed by atoms with van der Waals surface area (Å²) >= 11 is 0. The van der Waals surface area contributed by atoms with Crippen molar-refractivity contribution in [2.75, 3.05) is 5.32 Å². The highest BCUT2D eigenvalue weighted by molar-refractivity contribution is 5.96. The molecule has 3 aromatic carbocycles. The first-order valence-corrected chi connectivity index (χ1v) is 8.53. The van der Waals surface area contributed by atoms with Crippen molar-refractivity contribution in [3.63, 3.8) is 0 Å². The predicted octanol–water partition coefficient (Wildman–Crippen LogP) is 3.77. The number of nitrogens with two attached hydrogens (primary N) is 1. The first-order chi connectivity index (χ1) is 12.4. The molecule has 3 nitrogen and oxygen atoms in total. The van der Waals surface area contributed by atoms with Crippen LogP contribution in [0, 0.1) is 11.6 Å². The quantitative estimate of drug-likeness (QED) is 0.719. The maximum absolute atomic E-state index is 13.9. The van der Waals surface area contributed by atoms with Crippen molar-refractivity contribution in [1.82, 2.24) is 0 Å². The molecule has 0 heterocycles. The van der Waals surface area contributed by atoms with Gasteiger partial charge in [-0.2, -0.15) is 0 Å². The second-order valence-electron chi connectivity index (χ2n) is 6.49. The standard InChI is InChI=1S/C21H20F2N2O/c1-13(19-10-8-17(22)12-20(19)23)24-14(2)21(26)25-18-9-7-15-5-3-4-6-16(15)11-18/h3-14,24H,1-2H3,(H,25,26)/p+1/t13-,14-/m0/s1. The van der Waals surface area contributed by atoms with E-state index in [1.165, 1.54) is 12.1 Å². The van der Waals surface area contributed by atoms with Crippen molar-refractivity contribution in [2.45, 2.75) is 25.9 Å². The van der Waals surface area contributed by atoms with Crippen LogP contribution in [0.2, 0.25) is 0 Å². The average Bonchev–Trinajstić information content (AvgIpc) is 2.61. The van der Waals surface area contributed by atoms with Crippen LogP contribution in [0.4, 0.5) is 14.5 Å². The number of anilines is 1. The van der Waals surface area contributed by atoms with Crippen LogP contribution in [-0.2, 0) is 4.79 Å². The third kappa shape index (κ3) is 4.06. The van der Waals surface area contributed by atoms with Crippen LogP contribution in [0.5, 0.6) is 0 Å². The summed E-state index contributed by atoms with van der Waals surface area (Å²) in [5.41, 5.74) is 1.09. The molecule has 0 spiro atoms. The Balaban J connectivity index is 1.66. The highest BCUT2D eigenvalue weighted by Gasteiger charge is 2.22. The summed E-state index contributed by atoms with van der Waals surface area (Å²) in [5, 5.41) is 6.79. The minimum Gasteiger partial charge on any atom is -0.330 e. The van der Waals surface area contributed by atoms with Gasteiger partial charge in [0.2, 0.25) is 0 Å². The molecule has 0 radical (unpaired) electrons. The van der Waals surface area contributed by atoms with Gasteiger partial charge in [-0.15, -0.1) is 0 Å². The van der Waals surface area contributed by atoms with Crippen LogP contribution in [-0.4, -0.2) is 11.9 Å². The summed E-state index contributed by atoms with van der Waals surface area (Å²) in [5.74, 6) is -1.38. The summed E-state index contributed by atoms with van der Waals surface area (Å²) in [6, 6.07) is 16.4. The number of fused-ring (bicyclic) bond motifs is 1. The minimum absolute atomic E-state index is 0.172. The zero-order valence-electron chi connectivity index (χ0n) is 14.7. The normalized spacial score (nSPS) is 13.4. The Morgan fingerprint density at radius 1 is 0.962 bits per heavy atom. The number of carbonyl (C=O) groups excluding carboxylic acids is 1. The van der Waals surface area contributed by atoms with Crippen molar-refractivity contribution in [3.05, 3.63) is 77.9 Å². The Morgan fingerprint density at radius 3 is 2.42 bits per heavy atom. The number of nitrogens with one attached hydrogen (secondary N) is 1. The lowest BCUT2D eigenvalue weighted by Gasteiger charge is -2.17. The number of rotatable bonds is 5. The van der Waals surface area contributed by atoms with E-state index >= 15 is 0 Å². The van der Waals surface area contributed by atoms with Crippen molar-refractivity contribution in [2.24, 2.45) is 0 Å². The van der Waals surface area contributed by atoms with Crippen LogP contribution in [0.25, 0.3) is 10.8 Å². The lowest BCUT2D eigenvalue weighted by Crippen LogP contribution is -2.91. The summed E-state index contributed by atoms with van der Waals surface area (Å²) in [7, 11) is 0. The topological polar surface area (TPSA) is 45.7 Å². The number of halogens is 2. The Kier molecular flexibility index (Phi) is 5.28. The molecule has 0 fully saturated rings. The highest BCUT2D eigenvalue weighted by atomic mass is 19.1. The molecule has 26 heavy (non-hydrogen) atoms. The largest absolute Gasteiger partial charge is 0.330 e. The second kappa shape index (κ2) is 7.62. The van der Waals surface area contributed by atoms with E-state index in [1.807, 2.05) is 42.5 Å². The number of amides is 1. The van der Waals surface area contributed by atoms with E-state index in [4.69, 9.17) is 0 Å². The molecule has 0 aliphatic rings. The fourth-order valence-corrected chi connectivity index (χ4v) is 3.02. The molecule has 0 aliphatic carbocycles. The van der Waals surface area contributed by atoms with Gasteiger partial charge >= 0.3 is 0 Å². The van der Waals surface area contributed by atoms with Gasteiger partial charge in [-0.25, -0.2) is 8.78 Å². The van der Waals surface area contributed by atoms with E-state index in [0.29, 0.717) is 5.56 Å². The van der Waals surface area contributed by atoms with Crippen molar-refractivity contribution < 1.29 is 18.9 Å². The van der Waals surface area contributed by atoms with Gasteiger partial charge in [0.05, 0.1) is 0 Å². The van der Waals surface area contributed by atoms with E-state index in [0.717, 1.165) is 22.5 Å². The number of hydrogen-bond donors (Lipinski definition) is 2. The van der Waals surface area contributed by atoms with Crippen LogP contribution in [0.3, 0.4) is 0 Å². The monoisotopic (exact) mass is 355 g/mol. The zero-order chi connectivity index (χ0) is 18.7. The van der Waals surface area contributed by atoms with Crippen molar-refractivity contribution in [3.8, 4) is 0 Å². The molecule has 5 heteroatoms. The molecule has 1 amide bonds. The Morgan fingerprint density at radius 2 is 1.69 bits per heavy atom. The van der Waals surface area contributed by atoms with Crippen molar-refractivity contribution in [1.29, 1.82) is 0 Å². The summed E-state index contributed by atoms with van der Waals surface area (Å²) in [4.78, 5) is 12.5. The minimum atomic E-state index is -0.611. The highest BCUT2D eigenvalue weighted by Crippen LogP contribution is 2.19. The second-order valence-corrected chi connectivity index (χ2v) is 6.49. The smallest absolute Gasteiger partial charge is 0.282 e. The molecular weight excluding hydrogens is 334 g/mol. The third-order valence-electron chi connectivity index (χ3n) is 4.46. The summed E-state index contributed by atoms with van der Waals surface area (Å²) in [6.07, 6.45) is 0. The lowest BCUT2D eigenvalue weighted by atomic mass is 10.1. The van der Waals surface area contributed by atoms with Crippen LogP contribution < -0.4 is 10.6 Å². The molecule has 3 rings (SSSR count). The Hall–Kier alpha value is -2.79. The van der Waals surface area contributed by atoms with Gasteiger partial charge in [0.15, 0.2) is 6.04 Å². The van der Waals surface area contributed by atoms with Crippen LogP contribution in [0.1, 0.15) is 25.5 Å².